The highest BCUT2D eigenvalue weighted by atomic mass is 16.6. The normalized spacial score (nSPS) is 14.3. The van der Waals surface area contributed by atoms with Crippen molar-refractivity contribution >= 4 is 11.6 Å². The van der Waals surface area contributed by atoms with Crippen LogP contribution >= 0.6 is 0 Å². The Morgan fingerprint density at radius 1 is 1.16 bits per heavy atom. The lowest BCUT2D eigenvalue weighted by Gasteiger charge is -2.26. The van der Waals surface area contributed by atoms with E-state index in [1.165, 1.54) is 22.4 Å². The van der Waals surface area contributed by atoms with Crippen LogP contribution in [-0.2, 0) is 17.8 Å². The minimum Gasteiger partial charge on any atom is -0.379 e. The first-order valence-electron chi connectivity index (χ1n) is 10.3. The summed E-state index contributed by atoms with van der Waals surface area (Å²) in [5.41, 5.74) is 3.30. The standard InChI is InChI=1S/C22H24N6O4/c1-16-21(24-25-27(16)19-3-2-4-20(13-19)28(30)31)22(29)23-14-17-5-7-18(8-6-17)15-26-9-11-32-12-10-26/h2-8,13H,9-12,14-15H2,1H3,(H,23,29). The maximum absolute atomic E-state index is 12.6. The molecule has 1 saturated heterocycles. The number of carbonyl (C=O) groups excluding carboxylic acids is 1. The van der Waals surface area contributed by atoms with Crippen molar-refractivity contribution in [2.45, 2.75) is 20.0 Å². The number of nitrogens with one attached hydrogen (secondary N) is 1. The van der Waals surface area contributed by atoms with E-state index in [1.54, 1.807) is 19.1 Å². The average Bonchev–Trinajstić information content (AvgIpc) is 3.20. The molecule has 4 rings (SSSR count). The minimum absolute atomic E-state index is 0.0551. The molecule has 1 fully saturated rings. The van der Waals surface area contributed by atoms with Crippen LogP contribution in [0.3, 0.4) is 0 Å². The van der Waals surface area contributed by atoms with Gasteiger partial charge >= 0.3 is 0 Å². The van der Waals surface area contributed by atoms with Crippen molar-refractivity contribution in [2.24, 2.45) is 0 Å². The van der Waals surface area contributed by atoms with E-state index in [4.69, 9.17) is 4.74 Å². The summed E-state index contributed by atoms with van der Waals surface area (Å²) < 4.78 is 6.80. The van der Waals surface area contributed by atoms with Crippen LogP contribution < -0.4 is 5.32 Å². The number of hydrogen-bond acceptors (Lipinski definition) is 7. The summed E-state index contributed by atoms with van der Waals surface area (Å²) in [7, 11) is 0. The predicted octanol–water partition coefficient (Wildman–Crippen LogP) is 2.25. The summed E-state index contributed by atoms with van der Waals surface area (Å²) in [6.45, 7) is 6.37. The Bertz CT molecular complexity index is 1110. The fourth-order valence-corrected chi connectivity index (χ4v) is 3.57. The van der Waals surface area contributed by atoms with Gasteiger partial charge in [0.15, 0.2) is 5.69 Å². The first-order chi connectivity index (χ1) is 15.5. The lowest BCUT2D eigenvalue weighted by Crippen LogP contribution is -2.35. The molecule has 1 N–H and O–H groups in total. The lowest BCUT2D eigenvalue weighted by atomic mass is 10.1. The van der Waals surface area contributed by atoms with Crippen molar-refractivity contribution in [3.8, 4) is 5.69 Å². The van der Waals surface area contributed by atoms with Crippen LogP contribution in [0, 0.1) is 17.0 Å². The molecular formula is C22H24N6O4. The smallest absolute Gasteiger partial charge is 0.274 e. The Morgan fingerprint density at radius 3 is 2.59 bits per heavy atom. The lowest BCUT2D eigenvalue weighted by molar-refractivity contribution is -0.384. The first kappa shape index (κ1) is 21.6. The van der Waals surface area contributed by atoms with Crippen LogP contribution in [0.4, 0.5) is 5.69 Å². The summed E-state index contributed by atoms with van der Waals surface area (Å²) in [5, 5.41) is 21.8. The van der Waals surface area contributed by atoms with Gasteiger partial charge in [-0.05, 0) is 24.1 Å². The Hall–Kier alpha value is -3.63. The van der Waals surface area contributed by atoms with E-state index >= 15 is 0 Å². The fraction of sp³-hybridized carbons (Fsp3) is 0.318. The number of ether oxygens (including phenoxy) is 1. The number of nitrogens with zero attached hydrogens (tertiary/aromatic N) is 5. The van der Waals surface area contributed by atoms with Crippen LogP contribution in [0.1, 0.15) is 27.3 Å². The Labute approximate surface area is 184 Å². The first-order valence-corrected chi connectivity index (χ1v) is 10.3. The largest absolute Gasteiger partial charge is 0.379 e. The van der Waals surface area contributed by atoms with E-state index in [1.807, 2.05) is 12.1 Å². The highest BCUT2D eigenvalue weighted by Gasteiger charge is 2.18. The van der Waals surface area contributed by atoms with E-state index in [0.717, 1.165) is 38.4 Å². The number of rotatable bonds is 7. The van der Waals surface area contributed by atoms with Gasteiger partial charge in [0.1, 0.15) is 0 Å². The second kappa shape index (κ2) is 9.67. The Kier molecular flexibility index (Phi) is 6.52. The number of amides is 1. The molecule has 0 radical (unpaired) electrons. The number of morpholine rings is 1. The summed E-state index contributed by atoms with van der Waals surface area (Å²) >= 11 is 0. The van der Waals surface area contributed by atoms with Gasteiger partial charge in [0.2, 0.25) is 0 Å². The van der Waals surface area contributed by atoms with Crippen molar-refractivity contribution < 1.29 is 14.5 Å². The molecule has 1 amide bonds. The van der Waals surface area contributed by atoms with Crippen LogP contribution in [0.2, 0.25) is 0 Å². The summed E-state index contributed by atoms with van der Waals surface area (Å²) in [6, 6.07) is 14.2. The highest BCUT2D eigenvalue weighted by Crippen LogP contribution is 2.18. The van der Waals surface area contributed by atoms with Gasteiger partial charge in [-0.15, -0.1) is 5.10 Å². The zero-order valence-electron chi connectivity index (χ0n) is 17.7. The topological polar surface area (TPSA) is 115 Å². The summed E-state index contributed by atoms with van der Waals surface area (Å²) in [4.78, 5) is 25.5. The quantitative estimate of drug-likeness (QED) is 0.446. The van der Waals surface area contributed by atoms with Gasteiger partial charge in [0.25, 0.3) is 11.6 Å². The summed E-state index contributed by atoms with van der Waals surface area (Å²) in [5.74, 6) is -0.350. The van der Waals surface area contributed by atoms with Crippen molar-refractivity contribution in [1.82, 2.24) is 25.2 Å². The van der Waals surface area contributed by atoms with E-state index in [9.17, 15) is 14.9 Å². The third-order valence-electron chi connectivity index (χ3n) is 5.38. The zero-order valence-corrected chi connectivity index (χ0v) is 17.7. The molecule has 1 aliphatic heterocycles. The summed E-state index contributed by atoms with van der Waals surface area (Å²) in [6.07, 6.45) is 0. The minimum atomic E-state index is -0.477. The molecule has 3 aromatic rings. The van der Waals surface area contributed by atoms with E-state index in [0.29, 0.717) is 17.9 Å². The predicted molar refractivity (Wildman–Crippen MR) is 116 cm³/mol. The molecule has 32 heavy (non-hydrogen) atoms. The van der Waals surface area contributed by atoms with Crippen molar-refractivity contribution in [3.05, 3.63) is 81.2 Å². The van der Waals surface area contributed by atoms with E-state index < -0.39 is 4.92 Å². The third-order valence-corrected chi connectivity index (χ3v) is 5.38. The number of hydrogen-bond donors (Lipinski definition) is 1. The number of nitro benzene ring substituents is 1. The van der Waals surface area contributed by atoms with Crippen LogP contribution in [0.25, 0.3) is 5.69 Å². The maximum Gasteiger partial charge on any atom is 0.274 e. The van der Waals surface area contributed by atoms with Gasteiger partial charge in [-0.25, -0.2) is 4.68 Å². The van der Waals surface area contributed by atoms with Gasteiger partial charge in [-0.1, -0.05) is 35.5 Å². The molecule has 0 atom stereocenters. The van der Waals surface area contributed by atoms with Crippen molar-refractivity contribution in [2.75, 3.05) is 26.3 Å². The molecule has 1 aromatic heterocycles. The molecular weight excluding hydrogens is 412 g/mol. The van der Waals surface area contributed by atoms with E-state index in [2.05, 4.69) is 32.7 Å². The molecule has 10 heteroatoms. The van der Waals surface area contributed by atoms with Gasteiger partial charge in [0.05, 0.1) is 29.5 Å². The van der Waals surface area contributed by atoms with Gasteiger partial charge in [-0.3, -0.25) is 19.8 Å². The molecule has 0 saturated carbocycles. The third kappa shape index (κ3) is 4.98. The zero-order chi connectivity index (χ0) is 22.5. The number of nitro groups is 1. The van der Waals surface area contributed by atoms with Crippen LogP contribution in [0.5, 0.6) is 0 Å². The van der Waals surface area contributed by atoms with Gasteiger partial charge in [0, 0.05) is 38.3 Å². The van der Waals surface area contributed by atoms with Crippen molar-refractivity contribution in [1.29, 1.82) is 0 Å². The molecule has 166 valence electrons. The second-order valence-corrected chi connectivity index (χ2v) is 7.60. The molecule has 2 heterocycles. The molecule has 0 spiro atoms. The number of carbonyl (C=O) groups is 1. The Morgan fingerprint density at radius 2 is 1.88 bits per heavy atom. The number of non-ortho nitro benzene ring substituents is 1. The molecule has 0 bridgehead atoms. The molecule has 2 aromatic carbocycles. The SMILES string of the molecule is Cc1c(C(=O)NCc2ccc(CN3CCOCC3)cc2)nnn1-c1cccc([N+](=O)[O-])c1. The number of benzene rings is 2. The van der Waals surface area contributed by atoms with E-state index in [-0.39, 0.29) is 17.3 Å². The monoisotopic (exact) mass is 436 g/mol. The highest BCUT2D eigenvalue weighted by molar-refractivity contribution is 5.93. The van der Waals surface area contributed by atoms with Crippen LogP contribution in [0.15, 0.2) is 48.5 Å². The molecule has 0 unspecified atom stereocenters. The molecule has 10 nitrogen and oxygen atoms in total. The van der Waals surface area contributed by atoms with Crippen molar-refractivity contribution in [3.63, 3.8) is 0 Å². The Balaban J connectivity index is 1.37. The average molecular weight is 436 g/mol. The van der Waals surface area contributed by atoms with Crippen LogP contribution in [-0.4, -0.2) is 57.0 Å². The van der Waals surface area contributed by atoms with Gasteiger partial charge < -0.3 is 10.1 Å². The number of aromatic nitrogens is 3. The maximum atomic E-state index is 12.6. The fourth-order valence-electron chi connectivity index (χ4n) is 3.57. The molecule has 1 aliphatic rings. The van der Waals surface area contributed by atoms with Gasteiger partial charge in [-0.2, -0.15) is 0 Å². The molecule has 0 aliphatic carbocycles. The second-order valence-electron chi connectivity index (χ2n) is 7.60.